The Balaban J connectivity index is 2.39. The number of amides is 1. The number of nitrogens with zero attached hydrogens (tertiary/aromatic N) is 3. The normalized spacial score (nSPS) is 10.5. The summed E-state index contributed by atoms with van der Waals surface area (Å²) in [6.45, 7) is 5.41. The zero-order valence-corrected chi connectivity index (χ0v) is 10.1. The van der Waals surface area contributed by atoms with Crippen LogP contribution in [-0.4, -0.2) is 34.1 Å². The molecule has 0 spiro atoms. The van der Waals surface area contributed by atoms with E-state index in [0.29, 0.717) is 5.56 Å². The van der Waals surface area contributed by atoms with Crippen LogP contribution in [0, 0.1) is 0 Å². The number of hydrogen-bond acceptors (Lipinski definition) is 3. The maximum atomic E-state index is 12.1. The molecule has 4 nitrogen and oxygen atoms in total. The molecule has 1 heterocycles. The van der Waals surface area contributed by atoms with Crippen molar-refractivity contribution in [3.05, 3.63) is 36.2 Å². The number of benzene rings is 1. The monoisotopic (exact) mass is 229 g/mol. The van der Waals surface area contributed by atoms with E-state index in [4.69, 9.17) is 0 Å². The molecule has 1 aromatic carbocycles. The molecule has 2 rings (SSSR count). The molecular weight excluding hydrogens is 214 g/mol. The average molecular weight is 229 g/mol. The quantitative estimate of drug-likeness (QED) is 0.809. The lowest BCUT2D eigenvalue weighted by molar-refractivity contribution is 0.0773. The minimum Gasteiger partial charge on any atom is -0.339 e. The molecule has 0 saturated carbocycles. The zero-order chi connectivity index (χ0) is 12.3. The van der Waals surface area contributed by atoms with E-state index >= 15 is 0 Å². The van der Waals surface area contributed by atoms with Gasteiger partial charge in [-0.3, -0.25) is 4.79 Å². The average Bonchev–Trinajstić information content (AvgIpc) is 2.39. The molecule has 0 radical (unpaired) electrons. The van der Waals surface area contributed by atoms with E-state index in [1.54, 1.807) is 17.3 Å². The van der Waals surface area contributed by atoms with Gasteiger partial charge in [0.2, 0.25) is 0 Å². The molecule has 17 heavy (non-hydrogen) atoms. The lowest BCUT2D eigenvalue weighted by Gasteiger charge is -2.18. The van der Waals surface area contributed by atoms with Crippen LogP contribution in [0.3, 0.4) is 0 Å². The van der Waals surface area contributed by atoms with Gasteiger partial charge < -0.3 is 4.90 Å². The number of fused-ring (bicyclic) bond motifs is 1. The SMILES string of the molecule is CCN(CC)C(=O)c1ccc2cnncc2c1. The first-order valence-electron chi connectivity index (χ1n) is 5.76. The highest BCUT2D eigenvalue weighted by Gasteiger charge is 2.12. The second-order valence-electron chi connectivity index (χ2n) is 3.81. The van der Waals surface area contributed by atoms with Gasteiger partial charge in [0.1, 0.15) is 0 Å². The van der Waals surface area contributed by atoms with Crippen LogP contribution in [0.2, 0.25) is 0 Å². The molecule has 1 amide bonds. The summed E-state index contributed by atoms with van der Waals surface area (Å²) >= 11 is 0. The second kappa shape index (κ2) is 4.91. The van der Waals surface area contributed by atoms with Crippen molar-refractivity contribution in [2.24, 2.45) is 0 Å². The Hall–Kier alpha value is -1.97. The molecule has 4 heteroatoms. The first-order chi connectivity index (χ1) is 8.26. The molecule has 2 aromatic rings. The van der Waals surface area contributed by atoms with Crippen LogP contribution in [0.5, 0.6) is 0 Å². The van der Waals surface area contributed by atoms with Crippen LogP contribution in [0.4, 0.5) is 0 Å². The highest BCUT2D eigenvalue weighted by molar-refractivity contribution is 5.98. The Morgan fingerprint density at radius 1 is 1.12 bits per heavy atom. The van der Waals surface area contributed by atoms with Gasteiger partial charge in [-0.25, -0.2) is 0 Å². The molecule has 0 bridgehead atoms. The van der Waals surface area contributed by atoms with Crippen molar-refractivity contribution in [1.29, 1.82) is 0 Å². The second-order valence-corrected chi connectivity index (χ2v) is 3.81. The lowest BCUT2D eigenvalue weighted by Crippen LogP contribution is -2.30. The molecule has 0 fully saturated rings. The van der Waals surface area contributed by atoms with Gasteiger partial charge in [-0.2, -0.15) is 10.2 Å². The molecule has 1 aromatic heterocycles. The smallest absolute Gasteiger partial charge is 0.253 e. The van der Waals surface area contributed by atoms with Crippen LogP contribution < -0.4 is 0 Å². The van der Waals surface area contributed by atoms with Gasteiger partial charge >= 0.3 is 0 Å². The maximum absolute atomic E-state index is 12.1. The van der Waals surface area contributed by atoms with Crippen molar-refractivity contribution in [2.45, 2.75) is 13.8 Å². The molecule has 0 N–H and O–H groups in total. The summed E-state index contributed by atoms with van der Waals surface area (Å²) < 4.78 is 0. The Labute approximate surface area is 100 Å². The van der Waals surface area contributed by atoms with E-state index in [-0.39, 0.29) is 5.91 Å². The minimum absolute atomic E-state index is 0.0636. The van der Waals surface area contributed by atoms with Crippen LogP contribution >= 0.6 is 0 Å². The van der Waals surface area contributed by atoms with Crippen LogP contribution in [0.25, 0.3) is 10.8 Å². The highest BCUT2D eigenvalue weighted by atomic mass is 16.2. The van der Waals surface area contributed by atoms with E-state index in [1.165, 1.54) is 0 Å². The van der Waals surface area contributed by atoms with Gasteiger partial charge in [0, 0.05) is 29.4 Å². The van der Waals surface area contributed by atoms with Gasteiger partial charge in [-0.05, 0) is 26.0 Å². The summed E-state index contributed by atoms with van der Waals surface area (Å²) in [5, 5.41) is 9.57. The summed E-state index contributed by atoms with van der Waals surface area (Å²) in [6, 6.07) is 5.61. The van der Waals surface area contributed by atoms with Crippen molar-refractivity contribution in [1.82, 2.24) is 15.1 Å². The number of carbonyl (C=O) groups is 1. The largest absolute Gasteiger partial charge is 0.339 e. The molecule has 0 aliphatic rings. The lowest BCUT2D eigenvalue weighted by atomic mass is 10.1. The fourth-order valence-electron chi connectivity index (χ4n) is 1.82. The minimum atomic E-state index is 0.0636. The fourth-order valence-corrected chi connectivity index (χ4v) is 1.82. The van der Waals surface area contributed by atoms with Crippen molar-refractivity contribution >= 4 is 16.7 Å². The summed E-state index contributed by atoms with van der Waals surface area (Å²) in [6.07, 6.45) is 3.37. The van der Waals surface area contributed by atoms with E-state index in [0.717, 1.165) is 23.9 Å². The van der Waals surface area contributed by atoms with Gasteiger partial charge in [-0.1, -0.05) is 6.07 Å². The Morgan fingerprint density at radius 3 is 2.41 bits per heavy atom. The summed E-state index contributed by atoms with van der Waals surface area (Å²) in [4.78, 5) is 13.9. The molecule has 0 saturated heterocycles. The first-order valence-corrected chi connectivity index (χ1v) is 5.76. The molecule has 0 atom stereocenters. The van der Waals surface area contributed by atoms with Crippen LogP contribution in [-0.2, 0) is 0 Å². The van der Waals surface area contributed by atoms with Gasteiger partial charge in [0.05, 0.1) is 12.4 Å². The molecule has 0 aliphatic heterocycles. The van der Waals surface area contributed by atoms with Crippen LogP contribution in [0.1, 0.15) is 24.2 Å². The summed E-state index contributed by atoms with van der Waals surface area (Å²) in [5.41, 5.74) is 0.703. The Morgan fingerprint density at radius 2 is 1.76 bits per heavy atom. The van der Waals surface area contributed by atoms with E-state index < -0.39 is 0 Å². The predicted octanol–water partition coefficient (Wildman–Crippen LogP) is 2.11. The topological polar surface area (TPSA) is 46.1 Å². The van der Waals surface area contributed by atoms with E-state index in [2.05, 4.69) is 10.2 Å². The Bertz CT molecular complexity index is 535. The fraction of sp³-hybridized carbons (Fsp3) is 0.308. The van der Waals surface area contributed by atoms with Crippen molar-refractivity contribution in [3.63, 3.8) is 0 Å². The van der Waals surface area contributed by atoms with Gasteiger partial charge in [-0.15, -0.1) is 0 Å². The zero-order valence-electron chi connectivity index (χ0n) is 10.1. The van der Waals surface area contributed by atoms with Gasteiger partial charge in [0.25, 0.3) is 5.91 Å². The number of aromatic nitrogens is 2. The standard InChI is InChI=1S/C13H15N3O/c1-3-16(4-2)13(17)10-5-6-11-8-14-15-9-12(11)7-10/h5-9H,3-4H2,1-2H3. The third-order valence-corrected chi connectivity index (χ3v) is 2.84. The molecule has 0 aliphatic carbocycles. The van der Waals surface area contributed by atoms with Crippen LogP contribution in [0.15, 0.2) is 30.6 Å². The third-order valence-electron chi connectivity index (χ3n) is 2.84. The molecule has 88 valence electrons. The Kier molecular flexibility index (Phi) is 3.32. The third kappa shape index (κ3) is 2.25. The number of carbonyl (C=O) groups excluding carboxylic acids is 1. The maximum Gasteiger partial charge on any atom is 0.253 e. The van der Waals surface area contributed by atoms with Gasteiger partial charge in [0.15, 0.2) is 0 Å². The first kappa shape index (κ1) is 11.5. The number of hydrogen-bond donors (Lipinski definition) is 0. The molecule has 0 unspecified atom stereocenters. The van der Waals surface area contributed by atoms with E-state index in [1.807, 2.05) is 32.0 Å². The predicted molar refractivity (Wildman–Crippen MR) is 66.8 cm³/mol. The van der Waals surface area contributed by atoms with E-state index in [9.17, 15) is 4.79 Å². The highest BCUT2D eigenvalue weighted by Crippen LogP contribution is 2.15. The molecular formula is C13H15N3O. The number of rotatable bonds is 3. The van der Waals surface area contributed by atoms with Crippen molar-refractivity contribution in [2.75, 3.05) is 13.1 Å². The summed E-state index contributed by atoms with van der Waals surface area (Å²) in [5.74, 6) is 0.0636. The van der Waals surface area contributed by atoms with Crippen molar-refractivity contribution < 1.29 is 4.79 Å². The summed E-state index contributed by atoms with van der Waals surface area (Å²) in [7, 11) is 0. The van der Waals surface area contributed by atoms with Crippen molar-refractivity contribution in [3.8, 4) is 0 Å².